The third kappa shape index (κ3) is 2.50. The van der Waals surface area contributed by atoms with Crippen LogP contribution in [-0.4, -0.2) is 33.5 Å². The monoisotopic (exact) mass is 291 g/mol. The first-order valence-corrected chi connectivity index (χ1v) is 6.81. The van der Waals surface area contributed by atoms with E-state index in [0.717, 1.165) is 17.3 Å². The molecule has 2 N–H and O–H groups in total. The van der Waals surface area contributed by atoms with Crippen LogP contribution in [0.1, 0.15) is 5.82 Å². The van der Waals surface area contributed by atoms with Crippen LogP contribution in [0.25, 0.3) is 4.96 Å². The summed E-state index contributed by atoms with van der Waals surface area (Å²) in [5, 5.41) is 12.7. The van der Waals surface area contributed by atoms with Crippen LogP contribution in [0, 0.1) is 0 Å². The molecule has 0 unspecified atom stereocenters. The Morgan fingerprint density at radius 3 is 2.70 bits per heavy atom. The lowest BCUT2D eigenvalue weighted by Crippen LogP contribution is -2.05. The average molecular weight is 291 g/mol. The van der Waals surface area contributed by atoms with Crippen LogP contribution in [0.4, 0.5) is 5.13 Å². The van der Waals surface area contributed by atoms with Crippen molar-refractivity contribution in [2.45, 2.75) is 6.42 Å². The quantitative estimate of drug-likeness (QED) is 0.764. The Labute approximate surface area is 119 Å². The number of hydrogen-bond acceptors (Lipinski definition) is 7. The van der Waals surface area contributed by atoms with Crippen molar-refractivity contribution in [1.82, 2.24) is 19.8 Å². The van der Waals surface area contributed by atoms with Crippen molar-refractivity contribution in [3.63, 3.8) is 0 Å². The maximum atomic E-state index is 5.64. The third-order valence-corrected chi connectivity index (χ3v) is 3.45. The first-order valence-electron chi connectivity index (χ1n) is 6.00. The summed E-state index contributed by atoms with van der Waals surface area (Å²) < 4.78 is 12.4. The molecule has 0 bridgehead atoms. The molecule has 0 aliphatic heterocycles. The number of nitrogens with two attached hydrogens (primary N) is 1. The number of methoxy groups -OCH3 is 1. The highest BCUT2D eigenvalue weighted by Crippen LogP contribution is 2.18. The highest BCUT2D eigenvalue weighted by Gasteiger charge is 2.09. The highest BCUT2D eigenvalue weighted by molar-refractivity contribution is 7.20. The largest absolute Gasteiger partial charge is 0.497 e. The molecule has 0 aliphatic rings. The van der Waals surface area contributed by atoms with E-state index in [0.29, 0.717) is 23.1 Å². The summed E-state index contributed by atoms with van der Waals surface area (Å²) in [5.74, 6) is 2.32. The molecule has 0 saturated carbocycles. The Hall–Kier alpha value is -2.35. The average Bonchev–Trinajstić information content (AvgIpc) is 3.00. The molecule has 0 radical (unpaired) electrons. The lowest BCUT2D eigenvalue weighted by atomic mass is 10.3. The number of ether oxygens (including phenoxy) is 2. The number of aromatic nitrogens is 4. The molecule has 104 valence electrons. The molecule has 0 fully saturated rings. The van der Waals surface area contributed by atoms with Gasteiger partial charge in [-0.05, 0) is 24.3 Å². The van der Waals surface area contributed by atoms with Crippen LogP contribution < -0.4 is 15.2 Å². The molecule has 7 nitrogen and oxygen atoms in total. The van der Waals surface area contributed by atoms with Crippen LogP contribution in [0.2, 0.25) is 0 Å². The molecule has 0 atom stereocenters. The molecule has 2 aromatic heterocycles. The molecule has 8 heteroatoms. The van der Waals surface area contributed by atoms with Crippen molar-refractivity contribution in [3.8, 4) is 11.5 Å². The normalized spacial score (nSPS) is 10.8. The van der Waals surface area contributed by atoms with Crippen LogP contribution >= 0.6 is 11.3 Å². The van der Waals surface area contributed by atoms with Gasteiger partial charge in [0.15, 0.2) is 5.82 Å². The number of nitrogen functional groups attached to an aromatic ring is 1. The van der Waals surface area contributed by atoms with Crippen molar-refractivity contribution in [2.75, 3.05) is 19.5 Å². The van der Waals surface area contributed by atoms with E-state index in [9.17, 15) is 0 Å². The van der Waals surface area contributed by atoms with Crippen molar-refractivity contribution in [3.05, 3.63) is 30.1 Å². The smallest absolute Gasteiger partial charge is 0.236 e. The summed E-state index contributed by atoms with van der Waals surface area (Å²) in [4.78, 5) is 0.696. The Kier molecular flexibility index (Phi) is 3.38. The first kappa shape index (κ1) is 12.7. The SMILES string of the molecule is COc1ccc(OCCc2nnc3sc(N)nn23)cc1. The van der Waals surface area contributed by atoms with Gasteiger partial charge in [0.25, 0.3) is 0 Å². The fraction of sp³-hybridized carbons (Fsp3) is 0.250. The predicted octanol–water partition coefficient (Wildman–Crippen LogP) is 1.40. The second kappa shape index (κ2) is 5.33. The van der Waals surface area contributed by atoms with Crippen molar-refractivity contribution < 1.29 is 9.47 Å². The van der Waals surface area contributed by atoms with Crippen LogP contribution in [-0.2, 0) is 6.42 Å². The van der Waals surface area contributed by atoms with Gasteiger partial charge in [-0.25, -0.2) is 0 Å². The molecule has 0 spiro atoms. The first-order chi connectivity index (χ1) is 9.76. The van der Waals surface area contributed by atoms with E-state index >= 15 is 0 Å². The van der Waals surface area contributed by atoms with Crippen molar-refractivity contribution >= 4 is 21.4 Å². The Morgan fingerprint density at radius 1 is 1.20 bits per heavy atom. The van der Waals surface area contributed by atoms with E-state index in [2.05, 4.69) is 15.3 Å². The molecular formula is C12H13N5O2S. The minimum Gasteiger partial charge on any atom is -0.497 e. The zero-order valence-electron chi connectivity index (χ0n) is 10.8. The standard InChI is InChI=1S/C12H13N5O2S/c1-18-8-2-4-9(5-3-8)19-7-6-10-14-15-12-17(10)16-11(13)20-12/h2-5H,6-7H2,1H3,(H2,13,16). The van der Waals surface area contributed by atoms with Gasteiger partial charge in [-0.3, -0.25) is 0 Å². The summed E-state index contributed by atoms with van der Waals surface area (Å²) in [6, 6.07) is 7.43. The van der Waals surface area contributed by atoms with Crippen LogP contribution in [0.3, 0.4) is 0 Å². The van der Waals surface area contributed by atoms with Gasteiger partial charge in [-0.2, -0.15) is 4.52 Å². The van der Waals surface area contributed by atoms with Gasteiger partial charge < -0.3 is 15.2 Å². The Morgan fingerprint density at radius 2 is 1.95 bits per heavy atom. The van der Waals surface area contributed by atoms with Gasteiger partial charge in [-0.1, -0.05) is 11.3 Å². The third-order valence-electron chi connectivity index (χ3n) is 2.72. The maximum Gasteiger partial charge on any atom is 0.236 e. The molecular weight excluding hydrogens is 278 g/mol. The van der Waals surface area contributed by atoms with Crippen molar-refractivity contribution in [1.29, 1.82) is 0 Å². The number of benzene rings is 1. The number of rotatable bonds is 5. The Balaban J connectivity index is 1.61. The van der Waals surface area contributed by atoms with Gasteiger partial charge in [0.1, 0.15) is 11.5 Å². The number of hydrogen-bond donors (Lipinski definition) is 1. The zero-order chi connectivity index (χ0) is 13.9. The summed E-state index contributed by atoms with van der Waals surface area (Å²) in [7, 11) is 1.63. The van der Waals surface area contributed by atoms with E-state index in [4.69, 9.17) is 15.2 Å². The number of fused-ring (bicyclic) bond motifs is 1. The number of nitrogens with zero attached hydrogens (tertiary/aromatic N) is 4. The van der Waals surface area contributed by atoms with E-state index in [1.165, 1.54) is 11.3 Å². The maximum absolute atomic E-state index is 5.64. The second-order valence-electron chi connectivity index (χ2n) is 4.02. The summed E-state index contributed by atoms with van der Waals surface area (Å²) in [6.45, 7) is 0.491. The highest BCUT2D eigenvalue weighted by atomic mass is 32.1. The fourth-order valence-corrected chi connectivity index (χ4v) is 2.38. The predicted molar refractivity (Wildman–Crippen MR) is 75.3 cm³/mol. The lowest BCUT2D eigenvalue weighted by molar-refractivity contribution is 0.317. The van der Waals surface area contributed by atoms with Gasteiger partial charge in [-0.15, -0.1) is 15.3 Å². The fourth-order valence-electron chi connectivity index (χ4n) is 1.76. The molecule has 20 heavy (non-hydrogen) atoms. The van der Waals surface area contributed by atoms with Gasteiger partial charge in [0, 0.05) is 6.42 Å². The van der Waals surface area contributed by atoms with Crippen LogP contribution in [0.5, 0.6) is 11.5 Å². The summed E-state index contributed by atoms with van der Waals surface area (Å²) in [5.41, 5.74) is 5.63. The Bertz CT molecular complexity index is 706. The minimum absolute atomic E-state index is 0.479. The summed E-state index contributed by atoms with van der Waals surface area (Å²) in [6.07, 6.45) is 0.608. The van der Waals surface area contributed by atoms with E-state index in [-0.39, 0.29) is 0 Å². The van der Waals surface area contributed by atoms with Crippen molar-refractivity contribution in [2.24, 2.45) is 0 Å². The lowest BCUT2D eigenvalue weighted by Gasteiger charge is -2.05. The topological polar surface area (TPSA) is 87.6 Å². The zero-order valence-corrected chi connectivity index (χ0v) is 11.6. The minimum atomic E-state index is 0.479. The van der Waals surface area contributed by atoms with Gasteiger partial charge >= 0.3 is 0 Å². The van der Waals surface area contributed by atoms with E-state index in [1.807, 2.05) is 24.3 Å². The molecule has 2 heterocycles. The molecule has 1 aromatic carbocycles. The van der Waals surface area contributed by atoms with E-state index < -0.39 is 0 Å². The van der Waals surface area contributed by atoms with Crippen LogP contribution in [0.15, 0.2) is 24.3 Å². The summed E-state index contributed by atoms with van der Waals surface area (Å²) >= 11 is 1.31. The number of anilines is 1. The molecule has 0 saturated heterocycles. The molecule has 3 rings (SSSR count). The molecule has 0 amide bonds. The van der Waals surface area contributed by atoms with Gasteiger partial charge in [0.2, 0.25) is 10.1 Å². The molecule has 3 aromatic rings. The van der Waals surface area contributed by atoms with Gasteiger partial charge in [0.05, 0.1) is 13.7 Å². The van der Waals surface area contributed by atoms with E-state index in [1.54, 1.807) is 11.6 Å². The molecule has 0 aliphatic carbocycles. The second-order valence-corrected chi connectivity index (χ2v) is 5.01.